The van der Waals surface area contributed by atoms with Gasteiger partial charge in [-0.2, -0.15) is 0 Å². The first-order chi connectivity index (χ1) is 21.5. The van der Waals surface area contributed by atoms with Crippen LogP contribution in [0.15, 0.2) is 89.8 Å². The molecule has 0 saturated heterocycles. The molecule has 10 heteroatoms. The predicted octanol–water partition coefficient (Wildman–Crippen LogP) is 7.72. The van der Waals surface area contributed by atoms with Crippen LogP contribution in [-0.4, -0.2) is 39.4 Å². The lowest BCUT2D eigenvalue weighted by molar-refractivity contribution is -0.136. The van der Waals surface area contributed by atoms with E-state index in [1.165, 1.54) is 19.2 Å². The third kappa shape index (κ3) is 7.89. The van der Waals surface area contributed by atoms with Gasteiger partial charge in [0.1, 0.15) is 6.61 Å². The molecule has 0 radical (unpaired) electrons. The summed E-state index contributed by atoms with van der Waals surface area (Å²) in [4.78, 5) is 27.7. The minimum Gasteiger partial charge on any atom is -0.465 e. The minimum atomic E-state index is -1.21. The Labute approximate surface area is 263 Å². The van der Waals surface area contributed by atoms with Crippen LogP contribution < -0.4 is 0 Å². The predicted molar refractivity (Wildman–Crippen MR) is 166 cm³/mol. The summed E-state index contributed by atoms with van der Waals surface area (Å²) in [6, 6.07) is 19.5. The van der Waals surface area contributed by atoms with Gasteiger partial charge < -0.3 is 14.2 Å². The number of methoxy groups -OCH3 is 2. The van der Waals surface area contributed by atoms with Gasteiger partial charge in [0.05, 0.1) is 24.9 Å². The van der Waals surface area contributed by atoms with Gasteiger partial charge in [0.15, 0.2) is 23.3 Å². The van der Waals surface area contributed by atoms with Crippen molar-refractivity contribution in [3.8, 4) is 0 Å². The van der Waals surface area contributed by atoms with E-state index in [9.17, 15) is 27.2 Å². The van der Waals surface area contributed by atoms with Crippen LogP contribution in [-0.2, 0) is 23.8 Å². The summed E-state index contributed by atoms with van der Waals surface area (Å²) >= 11 is 4.30. The second kappa shape index (κ2) is 14.9. The molecule has 0 aliphatic rings. The summed E-state index contributed by atoms with van der Waals surface area (Å²) in [5.41, 5.74) is 2.01. The molecule has 4 aromatic rings. The Hall–Kier alpha value is -4.67. The Morgan fingerprint density at radius 2 is 1.04 bits per heavy atom. The van der Waals surface area contributed by atoms with Crippen LogP contribution in [0.1, 0.15) is 27.8 Å². The molecule has 0 atom stereocenters. The number of rotatable bonds is 10. The van der Waals surface area contributed by atoms with E-state index in [1.807, 2.05) is 19.1 Å². The lowest BCUT2D eigenvalue weighted by atomic mass is 9.93. The average molecular weight is 637 g/mol. The number of halogens is 4. The molecular formula is C35H28F4O5S. The van der Waals surface area contributed by atoms with Crippen LogP contribution in [0.4, 0.5) is 17.6 Å². The molecule has 0 heterocycles. The van der Waals surface area contributed by atoms with E-state index in [2.05, 4.69) is 12.6 Å². The van der Waals surface area contributed by atoms with Crippen LogP contribution in [0.3, 0.4) is 0 Å². The molecule has 0 saturated carbocycles. The Kier molecular flexibility index (Phi) is 11.0. The van der Waals surface area contributed by atoms with Gasteiger partial charge in [-0.3, -0.25) is 0 Å². The first-order valence-electron chi connectivity index (χ1n) is 13.5. The normalized spacial score (nSPS) is 12.3. The van der Waals surface area contributed by atoms with E-state index in [4.69, 9.17) is 14.2 Å². The molecule has 0 amide bonds. The number of aryl methyl sites for hydroxylation is 1. The lowest BCUT2D eigenvalue weighted by Crippen LogP contribution is -2.16. The van der Waals surface area contributed by atoms with Gasteiger partial charge in [0.2, 0.25) is 0 Å². The summed E-state index contributed by atoms with van der Waals surface area (Å²) in [6.07, 6.45) is 0. The Balaban J connectivity index is 1.90. The number of benzene rings is 4. The highest BCUT2D eigenvalue weighted by Gasteiger charge is 2.26. The van der Waals surface area contributed by atoms with Crippen molar-refractivity contribution in [3.05, 3.63) is 136 Å². The Morgan fingerprint density at radius 1 is 0.600 bits per heavy atom. The summed E-state index contributed by atoms with van der Waals surface area (Å²) < 4.78 is 72.7. The topological polar surface area (TPSA) is 61.8 Å². The summed E-state index contributed by atoms with van der Waals surface area (Å²) in [7, 11) is 2.53. The maximum atomic E-state index is 14.5. The molecule has 0 spiro atoms. The van der Waals surface area contributed by atoms with Crippen LogP contribution in [0.25, 0.3) is 22.3 Å². The van der Waals surface area contributed by atoms with Crippen molar-refractivity contribution in [2.45, 2.75) is 11.8 Å². The van der Waals surface area contributed by atoms with Gasteiger partial charge in [-0.15, -0.1) is 12.6 Å². The highest BCUT2D eigenvalue weighted by molar-refractivity contribution is 7.80. The number of ether oxygens (including phenoxy) is 3. The van der Waals surface area contributed by atoms with Gasteiger partial charge in [0, 0.05) is 23.2 Å². The smallest absolute Gasteiger partial charge is 0.339 e. The van der Waals surface area contributed by atoms with Crippen molar-refractivity contribution < 1.29 is 41.4 Å². The molecule has 5 nitrogen and oxygen atoms in total. The number of esters is 2. The molecule has 232 valence electrons. The largest absolute Gasteiger partial charge is 0.465 e. The van der Waals surface area contributed by atoms with E-state index in [0.29, 0.717) is 21.6 Å². The summed E-state index contributed by atoms with van der Waals surface area (Å²) in [5, 5.41) is 0. The first-order valence-corrected chi connectivity index (χ1v) is 14.0. The van der Waals surface area contributed by atoms with E-state index < -0.39 is 41.8 Å². The molecule has 0 N–H and O–H groups in total. The molecule has 0 aromatic heterocycles. The summed E-state index contributed by atoms with van der Waals surface area (Å²) in [5.74, 6) is -6.48. The zero-order chi connectivity index (χ0) is 32.7. The lowest BCUT2D eigenvalue weighted by Gasteiger charge is -2.19. The van der Waals surface area contributed by atoms with Crippen LogP contribution in [0, 0.1) is 30.2 Å². The zero-order valence-corrected chi connectivity index (χ0v) is 25.4. The van der Waals surface area contributed by atoms with Crippen molar-refractivity contribution in [3.63, 3.8) is 0 Å². The van der Waals surface area contributed by atoms with Crippen molar-refractivity contribution >= 4 is 46.9 Å². The van der Waals surface area contributed by atoms with Gasteiger partial charge in [-0.05, 0) is 65.6 Å². The van der Waals surface area contributed by atoms with Crippen LogP contribution in [0.2, 0.25) is 0 Å². The fourth-order valence-corrected chi connectivity index (χ4v) is 4.76. The molecule has 4 aromatic carbocycles. The van der Waals surface area contributed by atoms with Gasteiger partial charge in [-0.25, -0.2) is 27.2 Å². The number of hydrogen-bond acceptors (Lipinski definition) is 6. The first kappa shape index (κ1) is 33.2. The van der Waals surface area contributed by atoms with E-state index >= 15 is 0 Å². The molecule has 0 unspecified atom stereocenters. The third-order valence-electron chi connectivity index (χ3n) is 6.87. The standard InChI is InChI=1S/C35H28F4O5S/c1-20-4-6-21(7-5-20)26(18-42-2)33(24-11-15-29(37)31(39)17-24)35(41)44-19-27(22-8-12-25(45)13-9-22)32(34(40)43-3)23-10-14-28(36)30(38)16-23/h4-17,45H,18-19H2,1-3H3/b32-27+,33-26+. The third-order valence-corrected chi connectivity index (χ3v) is 7.16. The van der Waals surface area contributed by atoms with Gasteiger partial charge in [-0.1, -0.05) is 54.1 Å². The maximum absolute atomic E-state index is 14.5. The number of carbonyl (C=O) groups excluding carboxylic acids is 2. The fraction of sp³-hybridized carbons (Fsp3) is 0.143. The van der Waals surface area contributed by atoms with E-state index in [0.717, 1.165) is 36.9 Å². The van der Waals surface area contributed by atoms with E-state index in [-0.39, 0.29) is 34.5 Å². The number of hydrogen-bond donors (Lipinski definition) is 1. The molecule has 0 aliphatic heterocycles. The minimum absolute atomic E-state index is 0.0188. The molecule has 0 fully saturated rings. The van der Waals surface area contributed by atoms with Gasteiger partial charge in [0.25, 0.3) is 0 Å². The SMILES string of the molecule is COC/C(=C(\C(=O)OC/C(=C(\C(=O)OC)c1ccc(F)c(F)c1)c1ccc(S)cc1)c1ccc(F)c(F)c1)c1ccc(C)cc1. The molecule has 4 rings (SSSR count). The van der Waals surface area contributed by atoms with Crippen molar-refractivity contribution in [2.24, 2.45) is 0 Å². The van der Waals surface area contributed by atoms with Crippen molar-refractivity contribution in [2.75, 3.05) is 27.4 Å². The molecule has 0 aliphatic carbocycles. The molecule has 0 bridgehead atoms. The number of thiol groups is 1. The van der Waals surface area contributed by atoms with E-state index in [1.54, 1.807) is 36.4 Å². The second-order valence-corrected chi connectivity index (χ2v) is 10.4. The van der Waals surface area contributed by atoms with Crippen molar-refractivity contribution in [1.82, 2.24) is 0 Å². The Morgan fingerprint density at radius 3 is 1.51 bits per heavy atom. The maximum Gasteiger partial charge on any atom is 0.339 e. The average Bonchev–Trinajstić information content (AvgIpc) is 3.02. The fourth-order valence-electron chi connectivity index (χ4n) is 4.61. The van der Waals surface area contributed by atoms with Crippen LogP contribution >= 0.6 is 12.6 Å². The monoisotopic (exact) mass is 636 g/mol. The van der Waals surface area contributed by atoms with Crippen LogP contribution in [0.5, 0.6) is 0 Å². The van der Waals surface area contributed by atoms with Crippen molar-refractivity contribution in [1.29, 1.82) is 0 Å². The zero-order valence-electron chi connectivity index (χ0n) is 24.5. The van der Waals surface area contributed by atoms with Gasteiger partial charge >= 0.3 is 11.9 Å². The number of carbonyl (C=O) groups is 2. The quantitative estimate of drug-likeness (QED) is 0.0635. The second-order valence-electron chi connectivity index (χ2n) is 9.88. The summed E-state index contributed by atoms with van der Waals surface area (Å²) in [6.45, 7) is 1.23. The molecule has 45 heavy (non-hydrogen) atoms. The highest BCUT2D eigenvalue weighted by atomic mass is 32.1. The molecular weight excluding hydrogens is 608 g/mol. The highest BCUT2D eigenvalue weighted by Crippen LogP contribution is 2.33. The Bertz CT molecular complexity index is 1780.